The Morgan fingerprint density at radius 1 is 1.04 bits per heavy atom. The lowest BCUT2D eigenvalue weighted by Gasteiger charge is -2.18. The number of likely N-dealkylation sites (N-methyl/N-ethyl adjacent to an activating group) is 1. The summed E-state index contributed by atoms with van der Waals surface area (Å²) in [6.45, 7) is -0.0111. The molecule has 0 radical (unpaired) electrons. The maximum Gasteiger partial charge on any atom is 0.354 e. The lowest BCUT2D eigenvalue weighted by molar-refractivity contribution is -0.118. The number of nitrogens with zero attached hydrogens (tertiary/aromatic N) is 2. The average Bonchev–Trinajstić information content (AvgIpc) is 3.24. The predicted molar refractivity (Wildman–Crippen MR) is 103 cm³/mol. The van der Waals surface area contributed by atoms with Crippen LogP contribution in [-0.4, -0.2) is 30.6 Å². The van der Waals surface area contributed by atoms with Crippen LogP contribution in [0.15, 0.2) is 65.1 Å². The van der Waals surface area contributed by atoms with E-state index in [1.54, 1.807) is 22.6 Å². The van der Waals surface area contributed by atoms with Gasteiger partial charge in [-0.1, -0.05) is 30.3 Å². The van der Waals surface area contributed by atoms with Crippen LogP contribution in [0.5, 0.6) is 0 Å². The van der Waals surface area contributed by atoms with E-state index in [1.807, 2.05) is 54.6 Å². The molecule has 2 aromatic carbocycles. The molecule has 136 valence electrons. The smallest absolute Gasteiger partial charge is 0.354 e. The monoisotopic (exact) mass is 362 g/mol. The van der Waals surface area contributed by atoms with Gasteiger partial charge in [-0.25, -0.2) is 4.79 Å². The van der Waals surface area contributed by atoms with Crippen molar-refractivity contribution >= 4 is 39.6 Å². The highest BCUT2D eigenvalue weighted by atomic mass is 16.5. The summed E-state index contributed by atoms with van der Waals surface area (Å²) < 4.78 is 12.4. The Bertz CT molecular complexity index is 1140. The SMILES string of the molecule is COC(=O)c1cc2oc3ccccc3c2n1CC(=O)N(C)c1ccccc1. The van der Waals surface area contributed by atoms with E-state index in [1.165, 1.54) is 7.11 Å². The Morgan fingerprint density at radius 2 is 1.74 bits per heavy atom. The Labute approximate surface area is 155 Å². The third-order valence-corrected chi connectivity index (χ3v) is 4.63. The summed E-state index contributed by atoms with van der Waals surface area (Å²) in [4.78, 5) is 26.7. The lowest BCUT2D eigenvalue weighted by atomic mass is 10.2. The van der Waals surface area contributed by atoms with Gasteiger partial charge in [-0.3, -0.25) is 4.79 Å². The molecule has 1 amide bonds. The number of para-hydroxylation sites is 2. The van der Waals surface area contributed by atoms with Crippen molar-refractivity contribution in [3.63, 3.8) is 0 Å². The number of rotatable bonds is 4. The fourth-order valence-electron chi connectivity index (χ4n) is 3.22. The van der Waals surface area contributed by atoms with Crippen molar-refractivity contribution in [1.82, 2.24) is 4.57 Å². The van der Waals surface area contributed by atoms with E-state index in [9.17, 15) is 9.59 Å². The van der Waals surface area contributed by atoms with Gasteiger partial charge in [-0.2, -0.15) is 0 Å². The molecule has 2 aromatic heterocycles. The van der Waals surface area contributed by atoms with Crippen LogP contribution in [-0.2, 0) is 16.1 Å². The minimum atomic E-state index is -0.513. The Morgan fingerprint density at radius 3 is 2.48 bits per heavy atom. The molecule has 0 aliphatic carbocycles. The molecular weight excluding hydrogens is 344 g/mol. The van der Waals surface area contributed by atoms with E-state index < -0.39 is 5.97 Å². The third kappa shape index (κ3) is 2.85. The molecule has 0 atom stereocenters. The second-order valence-corrected chi connectivity index (χ2v) is 6.21. The number of hydrogen-bond acceptors (Lipinski definition) is 4. The van der Waals surface area contributed by atoms with Crippen molar-refractivity contribution < 1.29 is 18.7 Å². The van der Waals surface area contributed by atoms with Gasteiger partial charge in [0.15, 0.2) is 5.58 Å². The molecule has 0 N–H and O–H groups in total. The topological polar surface area (TPSA) is 64.7 Å². The van der Waals surface area contributed by atoms with E-state index >= 15 is 0 Å². The second-order valence-electron chi connectivity index (χ2n) is 6.21. The normalized spacial score (nSPS) is 11.0. The number of fused-ring (bicyclic) bond motifs is 3. The van der Waals surface area contributed by atoms with Crippen LogP contribution in [0.3, 0.4) is 0 Å². The number of aromatic nitrogens is 1. The predicted octanol–water partition coefficient (Wildman–Crippen LogP) is 3.84. The fraction of sp³-hybridized carbons (Fsp3) is 0.143. The van der Waals surface area contributed by atoms with Gasteiger partial charge in [0.05, 0.1) is 12.6 Å². The summed E-state index contributed by atoms with van der Waals surface area (Å²) in [6, 6.07) is 18.5. The lowest BCUT2D eigenvalue weighted by Crippen LogP contribution is -2.31. The number of carbonyl (C=O) groups excluding carboxylic acids is 2. The van der Waals surface area contributed by atoms with Gasteiger partial charge in [0.2, 0.25) is 5.91 Å². The zero-order valence-electron chi connectivity index (χ0n) is 15.0. The molecule has 0 saturated heterocycles. The number of furan rings is 1. The highest BCUT2D eigenvalue weighted by Crippen LogP contribution is 2.32. The van der Waals surface area contributed by atoms with Gasteiger partial charge in [0.1, 0.15) is 17.8 Å². The number of ether oxygens (including phenoxy) is 1. The van der Waals surface area contributed by atoms with E-state index in [0.29, 0.717) is 16.7 Å². The molecule has 2 heterocycles. The van der Waals surface area contributed by atoms with Gasteiger partial charge in [0, 0.05) is 24.2 Å². The molecule has 4 aromatic rings. The fourth-order valence-corrected chi connectivity index (χ4v) is 3.22. The number of methoxy groups -OCH3 is 1. The summed E-state index contributed by atoms with van der Waals surface area (Å²) in [7, 11) is 3.03. The van der Waals surface area contributed by atoms with Crippen molar-refractivity contribution in [3.05, 3.63) is 66.4 Å². The highest BCUT2D eigenvalue weighted by Gasteiger charge is 2.23. The Hall–Kier alpha value is -3.54. The van der Waals surface area contributed by atoms with Crippen LogP contribution in [0.2, 0.25) is 0 Å². The molecule has 6 heteroatoms. The molecule has 4 rings (SSSR count). The Balaban J connectivity index is 1.81. The molecule has 0 spiro atoms. The summed E-state index contributed by atoms with van der Waals surface area (Å²) in [5.74, 6) is -0.672. The van der Waals surface area contributed by atoms with Crippen LogP contribution in [0.1, 0.15) is 10.5 Å². The molecule has 0 aliphatic heterocycles. The largest absolute Gasteiger partial charge is 0.464 e. The maximum absolute atomic E-state index is 12.9. The Kier molecular flexibility index (Phi) is 4.16. The van der Waals surface area contributed by atoms with E-state index in [-0.39, 0.29) is 18.1 Å². The minimum Gasteiger partial charge on any atom is -0.464 e. The average molecular weight is 362 g/mol. The van der Waals surface area contributed by atoms with Crippen molar-refractivity contribution in [2.75, 3.05) is 19.1 Å². The standard InChI is InChI=1S/C21H18N2O4/c1-22(14-8-4-3-5-9-14)19(24)13-23-16(21(25)26-2)12-18-20(23)15-10-6-7-11-17(15)27-18/h3-12H,13H2,1-2H3. The summed E-state index contributed by atoms with van der Waals surface area (Å²) in [5, 5.41) is 0.845. The summed E-state index contributed by atoms with van der Waals surface area (Å²) in [5.41, 5.74) is 3.03. The molecule has 6 nitrogen and oxygen atoms in total. The third-order valence-electron chi connectivity index (χ3n) is 4.63. The number of hydrogen-bond donors (Lipinski definition) is 0. The van der Waals surface area contributed by atoms with Gasteiger partial charge in [0.25, 0.3) is 0 Å². The molecule has 0 saturated carbocycles. The van der Waals surface area contributed by atoms with Gasteiger partial charge < -0.3 is 18.6 Å². The number of amides is 1. The first-order valence-electron chi connectivity index (χ1n) is 8.51. The number of esters is 1. The summed E-state index contributed by atoms with van der Waals surface area (Å²) >= 11 is 0. The van der Waals surface area contributed by atoms with Crippen molar-refractivity contribution in [2.24, 2.45) is 0 Å². The van der Waals surface area contributed by atoms with Crippen molar-refractivity contribution in [3.8, 4) is 0 Å². The van der Waals surface area contributed by atoms with Crippen LogP contribution < -0.4 is 4.90 Å². The molecule has 0 unspecified atom stereocenters. The minimum absolute atomic E-state index is 0.0111. The number of carbonyl (C=O) groups is 2. The molecule has 0 aliphatic rings. The molecule has 0 fully saturated rings. The first-order chi connectivity index (χ1) is 13.1. The first-order valence-corrected chi connectivity index (χ1v) is 8.51. The molecule has 27 heavy (non-hydrogen) atoms. The number of anilines is 1. The van der Waals surface area contributed by atoms with E-state index in [4.69, 9.17) is 9.15 Å². The van der Waals surface area contributed by atoms with Gasteiger partial charge in [-0.15, -0.1) is 0 Å². The van der Waals surface area contributed by atoms with Crippen molar-refractivity contribution in [1.29, 1.82) is 0 Å². The number of benzene rings is 2. The molecular formula is C21H18N2O4. The van der Waals surface area contributed by atoms with Crippen LogP contribution in [0, 0.1) is 0 Å². The van der Waals surface area contributed by atoms with E-state index in [2.05, 4.69) is 0 Å². The second kappa shape index (κ2) is 6.64. The van der Waals surface area contributed by atoms with Crippen LogP contribution >= 0.6 is 0 Å². The zero-order chi connectivity index (χ0) is 19.0. The summed E-state index contributed by atoms with van der Waals surface area (Å²) in [6.07, 6.45) is 0. The van der Waals surface area contributed by atoms with E-state index in [0.717, 1.165) is 11.1 Å². The van der Waals surface area contributed by atoms with Crippen LogP contribution in [0.4, 0.5) is 5.69 Å². The molecule has 0 bridgehead atoms. The van der Waals surface area contributed by atoms with Gasteiger partial charge in [-0.05, 0) is 24.3 Å². The highest BCUT2D eigenvalue weighted by molar-refractivity contribution is 6.07. The quantitative estimate of drug-likeness (QED) is 0.518. The van der Waals surface area contributed by atoms with Crippen LogP contribution in [0.25, 0.3) is 22.1 Å². The maximum atomic E-state index is 12.9. The van der Waals surface area contributed by atoms with Gasteiger partial charge >= 0.3 is 5.97 Å². The zero-order valence-corrected chi connectivity index (χ0v) is 15.0. The first kappa shape index (κ1) is 16.9. The van der Waals surface area contributed by atoms with Crippen molar-refractivity contribution in [2.45, 2.75) is 6.54 Å².